The SMILES string of the molecule is CCc1ccc2c(c1)[C@@H](NC[C@@H](O)[C@H](Cc1ccccc1)NC(=O)c1cc(-c3cccs3)cc(C3CCCC3)c1)CC1(CCCC1)O2. The quantitative estimate of drug-likeness (QED) is 0.152. The minimum atomic E-state index is -0.783. The lowest BCUT2D eigenvalue weighted by atomic mass is 9.85. The predicted octanol–water partition coefficient (Wildman–Crippen LogP) is 8.76. The Kier molecular flexibility index (Phi) is 9.80. The first-order valence-corrected chi connectivity index (χ1v) is 18.6. The van der Waals surface area contributed by atoms with Gasteiger partial charge < -0.3 is 20.5 Å². The molecular formula is C41H48N2O3S. The average molecular weight is 649 g/mol. The fourth-order valence-electron chi connectivity index (χ4n) is 8.12. The van der Waals surface area contributed by atoms with Crippen LogP contribution in [0, 0.1) is 0 Å². The summed E-state index contributed by atoms with van der Waals surface area (Å²) in [6.07, 6.45) is 11.0. The Morgan fingerprint density at radius 3 is 2.51 bits per heavy atom. The van der Waals surface area contributed by atoms with Crippen molar-refractivity contribution in [1.82, 2.24) is 10.6 Å². The van der Waals surface area contributed by atoms with E-state index in [1.54, 1.807) is 11.3 Å². The Morgan fingerprint density at radius 1 is 0.957 bits per heavy atom. The van der Waals surface area contributed by atoms with E-state index in [0.717, 1.165) is 42.6 Å². The number of amides is 1. The van der Waals surface area contributed by atoms with Gasteiger partial charge in [-0.25, -0.2) is 0 Å². The van der Waals surface area contributed by atoms with E-state index in [1.807, 2.05) is 24.3 Å². The minimum Gasteiger partial charge on any atom is -0.487 e. The van der Waals surface area contributed by atoms with Gasteiger partial charge >= 0.3 is 0 Å². The van der Waals surface area contributed by atoms with Crippen LogP contribution in [-0.4, -0.2) is 35.3 Å². The van der Waals surface area contributed by atoms with Crippen molar-refractivity contribution in [3.05, 3.63) is 112 Å². The molecule has 3 aliphatic rings. The van der Waals surface area contributed by atoms with Crippen molar-refractivity contribution < 1.29 is 14.6 Å². The molecule has 2 saturated carbocycles. The highest BCUT2D eigenvalue weighted by Gasteiger charge is 2.43. The molecule has 0 radical (unpaired) electrons. The molecule has 2 heterocycles. The van der Waals surface area contributed by atoms with Crippen molar-refractivity contribution in [2.45, 2.75) is 107 Å². The van der Waals surface area contributed by atoms with Crippen LogP contribution in [0.3, 0.4) is 0 Å². The van der Waals surface area contributed by atoms with Crippen LogP contribution < -0.4 is 15.4 Å². The zero-order valence-corrected chi connectivity index (χ0v) is 28.4. The van der Waals surface area contributed by atoms with Crippen molar-refractivity contribution in [3.63, 3.8) is 0 Å². The van der Waals surface area contributed by atoms with E-state index in [0.29, 0.717) is 24.4 Å². The number of ether oxygens (including phenoxy) is 1. The van der Waals surface area contributed by atoms with Gasteiger partial charge in [0.25, 0.3) is 5.91 Å². The zero-order chi connectivity index (χ0) is 32.2. The summed E-state index contributed by atoms with van der Waals surface area (Å²) >= 11 is 1.70. The van der Waals surface area contributed by atoms with Crippen LogP contribution in [0.1, 0.15) is 109 Å². The summed E-state index contributed by atoms with van der Waals surface area (Å²) in [4.78, 5) is 15.3. The Bertz CT molecular complexity index is 1640. The molecule has 1 spiro atoms. The second kappa shape index (κ2) is 14.3. The number of aliphatic hydroxyl groups is 1. The van der Waals surface area contributed by atoms with Crippen molar-refractivity contribution in [2.24, 2.45) is 0 Å². The van der Waals surface area contributed by atoms with Crippen LogP contribution in [0.15, 0.2) is 84.2 Å². The third-order valence-corrected chi connectivity index (χ3v) is 11.7. The molecule has 3 N–H and O–H groups in total. The molecule has 1 amide bonds. The molecule has 7 rings (SSSR count). The number of aliphatic hydroxyl groups excluding tert-OH is 1. The second-order valence-corrected chi connectivity index (χ2v) is 15.0. The molecule has 1 aromatic heterocycles. The number of aryl methyl sites for hydroxylation is 1. The third-order valence-electron chi connectivity index (χ3n) is 10.8. The molecule has 4 aromatic rings. The molecule has 1 aliphatic heterocycles. The predicted molar refractivity (Wildman–Crippen MR) is 191 cm³/mol. The lowest BCUT2D eigenvalue weighted by Gasteiger charge is -2.41. The molecule has 246 valence electrons. The van der Waals surface area contributed by atoms with Gasteiger partial charge in [0.15, 0.2) is 0 Å². The summed E-state index contributed by atoms with van der Waals surface area (Å²) in [5.41, 5.74) is 6.45. The highest BCUT2D eigenvalue weighted by Crippen LogP contribution is 2.47. The van der Waals surface area contributed by atoms with E-state index in [2.05, 4.69) is 77.5 Å². The summed E-state index contributed by atoms with van der Waals surface area (Å²) in [6.45, 7) is 2.55. The smallest absolute Gasteiger partial charge is 0.251 e. The maximum absolute atomic E-state index is 14.1. The van der Waals surface area contributed by atoms with E-state index in [1.165, 1.54) is 60.1 Å². The maximum Gasteiger partial charge on any atom is 0.251 e. The highest BCUT2D eigenvalue weighted by atomic mass is 32.1. The van der Waals surface area contributed by atoms with E-state index in [4.69, 9.17) is 4.74 Å². The number of hydrogen-bond donors (Lipinski definition) is 3. The van der Waals surface area contributed by atoms with Gasteiger partial charge in [0.2, 0.25) is 0 Å². The van der Waals surface area contributed by atoms with Crippen LogP contribution in [-0.2, 0) is 12.8 Å². The first-order chi connectivity index (χ1) is 23.0. The molecule has 6 heteroatoms. The largest absolute Gasteiger partial charge is 0.487 e. The molecule has 2 fully saturated rings. The normalized spacial score (nSPS) is 20.1. The standard InChI is InChI=1S/C41H48N2O3S/c1-2-28-16-17-38-34(21-28)36(26-41(46-38)18-8-9-19-41)42-27-37(44)35(22-29-11-4-3-5-12-29)43-40(45)33-24-31(30-13-6-7-14-30)23-32(25-33)39-15-10-20-47-39/h3-5,10-12,15-17,20-21,23-25,30,35-37,42,44H,2,6-9,13-14,18-19,22,26-27H2,1H3,(H,43,45)/t35-,36-,37+/m0/s1. The molecule has 3 atom stereocenters. The van der Waals surface area contributed by atoms with Gasteiger partial charge in [-0.3, -0.25) is 4.79 Å². The van der Waals surface area contributed by atoms with E-state index >= 15 is 0 Å². The zero-order valence-electron chi connectivity index (χ0n) is 27.5. The Labute approximate surface area is 283 Å². The third kappa shape index (κ3) is 7.35. The van der Waals surface area contributed by atoms with Crippen LogP contribution in [0.25, 0.3) is 10.4 Å². The van der Waals surface area contributed by atoms with E-state index in [9.17, 15) is 9.90 Å². The van der Waals surface area contributed by atoms with Crippen LogP contribution in [0.5, 0.6) is 5.75 Å². The number of thiophene rings is 1. The average Bonchev–Trinajstić information content (AvgIpc) is 3.91. The van der Waals surface area contributed by atoms with Gasteiger partial charge in [0.05, 0.1) is 12.1 Å². The Balaban J connectivity index is 1.13. The summed E-state index contributed by atoms with van der Waals surface area (Å²) in [5.74, 6) is 1.34. The number of hydrogen-bond acceptors (Lipinski definition) is 5. The molecule has 47 heavy (non-hydrogen) atoms. The number of fused-ring (bicyclic) bond motifs is 1. The first kappa shape index (κ1) is 32.1. The van der Waals surface area contributed by atoms with Crippen LogP contribution in [0.4, 0.5) is 0 Å². The lowest BCUT2D eigenvalue weighted by molar-refractivity contribution is 0.0326. The maximum atomic E-state index is 14.1. The van der Waals surface area contributed by atoms with E-state index in [-0.39, 0.29) is 17.6 Å². The van der Waals surface area contributed by atoms with Crippen LogP contribution in [0.2, 0.25) is 0 Å². The molecule has 3 aromatic carbocycles. The van der Waals surface area contributed by atoms with Gasteiger partial charge in [0.1, 0.15) is 11.4 Å². The Morgan fingerprint density at radius 2 is 1.77 bits per heavy atom. The summed E-state index contributed by atoms with van der Waals surface area (Å²) in [5, 5.41) is 21.0. The number of carbonyl (C=O) groups is 1. The summed E-state index contributed by atoms with van der Waals surface area (Å²) in [6, 6.07) is 27.0. The fourth-order valence-corrected chi connectivity index (χ4v) is 8.83. The molecule has 5 nitrogen and oxygen atoms in total. The number of nitrogens with one attached hydrogen (secondary N) is 2. The van der Waals surface area contributed by atoms with Crippen LogP contribution >= 0.6 is 11.3 Å². The highest BCUT2D eigenvalue weighted by molar-refractivity contribution is 7.13. The number of rotatable bonds is 11. The molecule has 2 aliphatic carbocycles. The van der Waals surface area contributed by atoms with Gasteiger partial charge in [-0.1, -0.05) is 74.4 Å². The Hall–Kier alpha value is -3.45. The lowest BCUT2D eigenvalue weighted by Crippen LogP contribution is -2.50. The van der Waals surface area contributed by atoms with E-state index < -0.39 is 12.1 Å². The minimum absolute atomic E-state index is 0.0857. The molecule has 0 saturated heterocycles. The van der Waals surface area contributed by atoms with Crippen molar-refractivity contribution in [3.8, 4) is 16.2 Å². The summed E-state index contributed by atoms with van der Waals surface area (Å²) in [7, 11) is 0. The van der Waals surface area contributed by atoms with Crippen molar-refractivity contribution >= 4 is 17.2 Å². The number of benzene rings is 3. The van der Waals surface area contributed by atoms with Gasteiger partial charge in [-0.15, -0.1) is 11.3 Å². The fraction of sp³-hybridized carbons (Fsp3) is 0.439. The monoisotopic (exact) mass is 648 g/mol. The van der Waals surface area contributed by atoms with Gasteiger partial charge in [-0.2, -0.15) is 0 Å². The first-order valence-electron chi connectivity index (χ1n) is 17.8. The second-order valence-electron chi connectivity index (χ2n) is 14.0. The van der Waals surface area contributed by atoms with Crippen molar-refractivity contribution in [1.29, 1.82) is 0 Å². The van der Waals surface area contributed by atoms with Gasteiger partial charge in [-0.05, 0) is 109 Å². The van der Waals surface area contributed by atoms with Gasteiger partial charge in [0, 0.05) is 35.0 Å². The number of carbonyl (C=O) groups excluding carboxylic acids is 1. The molecule has 0 unspecified atom stereocenters. The summed E-state index contributed by atoms with van der Waals surface area (Å²) < 4.78 is 6.67. The topological polar surface area (TPSA) is 70.6 Å². The van der Waals surface area contributed by atoms with Crippen molar-refractivity contribution in [2.75, 3.05) is 6.54 Å². The molecule has 0 bridgehead atoms. The molecular weight excluding hydrogens is 601 g/mol.